The van der Waals surface area contributed by atoms with E-state index in [1.54, 1.807) is 0 Å². The zero-order valence-corrected chi connectivity index (χ0v) is 32.9. The first-order valence-corrected chi connectivity index (χ1v) is 21.2. The molecule has 17 rings (SSSR count). The molecule has 0 unspecified atom stereocenters. The third kappa shape index (κ3) is 3.24. The highest BCUT2D eigenvalue weighted by atomic mass is 14.9. The molecule has 10 aromatic rings. The molecule has 2 heterocycles. The monoisotopic (exact) mass is 759 g/mol. The molecule has 3 heteroatoms. The van der Waals surface area contributed by atoms with Crippen LogP contribution in [0.1, 0.15) is 127 Å². The van der Waals surface area contributed by atoms with Crippen molar-refractivity contribution >= 4 is 38.1 Å². The molecule has 0 fully saturated rings. The summed E-state index contributed by atoms with van der Waals surface area (Å²) >= 11 is 0. The lowest BCUT2D eigenvalue weighted by molar-refractivity contribution is 0.661. The van der Waals surface area contributed by atoms with Crippen LogP contribution in [0.25, 0.3) is 49.2 Å². The molecule has 0 N–H and O–H groups in total. The maximum absolute atomic E-state index is 11.3. The minimum absolute atomic E-state index is 0.00463. The van der Waals surface area contributed by atoms with Gasteiger partial charge >= 0.3 is 0 Å². The van der Waals surface area contributed by atoms with E-state index in [1.807, 2.05) is 0 Å². The van der Waals surface area contributed by atoms with Crippen molar-refractivity contribution in [3.63, 3.8) is 0 Å². The number of rotatable bonds is 0. The fourth-order valence-electron chi connectivity index (χ4n) is 13.6. The molecule has 0 aliphatic heterocycles. The van der Waals surface area contributed by atoms with Crippen molar-refractivity contribution in [3.05, 3.63) is 229 Å². The summed E-state index contributed by atoms with van der Waals surface area (Å²) < 4.78 is 2.48. The van der Waals surface area contributed by atoms with E-state index < -0.39 is 0 Å². The summed E-state index contributed by atoms with van der Waals surface area (Å²) in [7, 11) is 0. The average molecular weight is 760 g/mol. The molecule has 0 saturated heterocycles. The highest BCUT2D eigenvalue weighted by molar-refractivity contribution is 6.30. The quantitative estimate of drug-likeness (QED) is 0.155. The van der Waals surface area contributed by atoms with Crippen molar-refractivity contribution in [1.29, 1.82) is 10.5 Å². The SMILES string of the molecule is CC1(C)c2ccccc2-c2c1cc1c3c4c(c(C#N)cc3n3c5cc(C#N)c6c(c5c2c13)C1c2ccccc2C6c2ccccc21)C1c2ccccc2C4c2ccccc21. The molecule has 7 aliphatic carbocycles. The number of aromatic nitrogens is 1. The van der Waals surface area contributed by atoms with Gasteiger partial charge in [0.15, 0.2) is 0 Å². The number of hydrogen-bond acceptors (Lipinski definition) is 2. The van der Waals surface area contributed by atoms with Crippen LogP contribution in [0.15, 0.2) is 140 Å². The van der Waals surface area contributed by atoms with Crippen molar-refractivity contribution in [1.82, 2.24) is 4.40 Å². The van der Waals surface area contributed by atoms with Crippen molar-refractivity contribution in [2.45, 2.75) is 42.9 Å². The zero-order chi connectivity index (χ0) is 39.5. The molecule has 0 atom stereocenters. The Balaban J connectivity index is 1.20. The number of nitrogens with zero attached hydrogens (tertiary/aromatic N) is 3. The van der Waals surface area contributed by atoms with Crippen LogP contribution in [-0.2, 0) is 5.41 Å². The van der Waals surface area contributed by atoms with Gasteiger partial charge in [-0.1, -0.05) is 135 Å². The van der Waals surface area contributed by atoms with Crippen LogP contribution < -0.4 is 0 Å². The van der Waals surface area contributed by atoms with Crippen molar-refractivity contribution in [3.8, 4) is 23.3 Å². The Morgan fingerprint density at radius 3 is 1.32 bits per heavy atom. The van der Waals surface area contributed by atoms with E-state index in [1.165, 1.54) is 105 Å². The number of benzene rings is 8. The van der Waals surface area contributed by atoms with Crippen LogP contribution >= 0.6 is 0 Å². The zero-order valence-electron chi connectivity index (χ0n) is 32.9. The topological polar surface area (TPSA) is 52.0 Å². The summed E-state index contributed by atoms with van der Waals surface area (Å²) in [5.74, 6) is -0.0717. The Kier molecular flexibility index (Phi) is 5.37. The third-order valence-corrected chi connectivity index (χ3v) is 15.7. The van der Waals surface area contributed by atoms with Crippen LogP contribution in [0.2, 0.25) is 0 Å². The molecule has 60 heavy (non-hydrogen) atoms. The van der Waals surface area contributed by atoms with Gasteiger partial charge in [0.25, 0.3) is 0 Å². The van der Waals surface area contributed by atoms with E-state index in [-0.39, 0.29) is 29.1 Å². The van der Waals surface area contributed by atoms with Gasteiger partial charge in [-0.3, -0.25) is 0 Å². The Bertz CT molecular complexity index is 3710. The van der Waals surface area contributed by atoms with Crippen LogP contribution in [0, 0.1) is 22.7 Å². The predicted molar refractivity (Wildman–Crippen MR) is 238 cm³/mol. The highest BCUT2D eigenvalue weighted by Crippen LogP contribution is 2.64. The Hall–Kier alpha value is -7.46. The van der Waals surface area contributed by atoms with Gasteiger partial charge in [-0.2, -0.15) is 10.5 Å². The normalized spacial score (nSPS) is 19.9. The van der Waals surface area contributed by atoms with E-state index in [9.17, 15) is 10.5 Å². The molecule has 0 radical (unpaired) electrons. The molecule has 2 aromatic heterocycles. The van der Waals surface area contributed by atoms with Crippen molar-refractivity contribution in [2.75, 3.05) is 0 Å². The molecule has 0 spiro atoms. The van der Waals surface area contributed by atoms with Gasteiger partial charge in [-0.15, -0.1) is 0 Å². The summed E-state index contributed by atoms with van der Waals surface area (Å²) in [6.07, 6.45) is 0. The lowest BCUT2D eigenvalue weighted by Gasteiger charge is -2.43. The standard InChI is InChI=1S/C57H33N3/c1-57(2)40-22-12-11-21-38(40)50-41(57)25-39-51-42(23-28(26-58)44-46-30-13-3-7-17-34(30)48(53(44)51)35-18-8-4-14-31(35)46)60-43-24-29(27-59)45-47-32-15-5-9-19-36(32)49(37-20-10-6-16-33(37)47)54(45)52(43)55(50)56(39)60/h3-25,46-49H,1-2H3. The Morgan fingerprint density at radius 2 is 0.850 bits per heavy atom. The van der Waals surface area contributed by atoms with E-state index in [2.05, 4.69) is 170 Å². The van der Waals surface area contributed by atoms with Gasteiger partial charge in [0.05, 0.1) is 39.8 Å². The summed E-state index contributed by atoms with van der Waals surface area (Å²) in [5.41, 5.74) is 25.3. The second-order valence-corrected chi connectivity index (χ2v) is 18.3. The summed E-state index contributed by atoms with van der Waals surface area (Å²) in [6.45, 7) is 4.79. The van der Waals surface area contributed by atoms with Gasteiger partial charge in [0.1, 0.15) is 0 Å². The van der Waals surface area contributed by atoms with Gasteiger partial charge < -0.3 is 4.40 Å². The minimum Gasteiger partial charge on any atom is -0.308 e. The summed E-state index contributed by atoms with van der Waals surface area (Å²) in [6, 6.07) is 57.2. The molecule has 0 amide bonds. The first kappa shape index (κ1) is 31.5. The van der Waals surface area contributed by atoms with Crippen LogP contribution in [0.5, 0.6) is 0 Å². The van der Waals surface area contributed by atoms with E-state index in [4.69, 9.17) is 0 Å². The first-order chi connectivity index (χ1) is 29.5. The predicted octanol–water partition coefficient (Wildman–Crippen LogP) is 12.9. The van der Waals surface area contributed by atoms with Crippen molar-refractivity contribution in [2.24, 2.45) is 0 Å². The molecule has 276 valence electrons. The second kappa shape index (κ2) is 10.2. The molecule has 3 nitrogen and oxygen atoms in total. The highest BCUT2D eigenvalue weighted by Gasteiger charge is 2.48. The fraction of sp³-hybridized carbons (Fsp3) is 0.123. The Labute approximate surface area is 346 Å². The molecule has 0 saturated carbocycles. The third-order valence-electron chi connectivity index (χ3n) is 15.7. The fourth-order valence-corrected chi connectivity index (χ4v) is 13.6. The Morgan fingerprint density at radius 1 is 0.450 bits per heavy atom. The smallest absolute Gasteiger partial charge is 0.0995 e. The van der Waals surface area contributed by atoms with Gasteiger partial charge in [0, 0.05) is 50.6 Å². The van der Waals surface area contributed by atoms with Crippen molar-refractivity contribution < 1.29 is 0 Å². The second-order valence-electron chi connectivity index (χ2n) is 18.3. The maximum Gasteiger partial charge on any atom is 0.0995 e. The largest absolute Gasteiger partial charge is 0.308 e. The van der Waals surface area contributed by atoms with Gasteiger partial charge in [-0.05, 0) is 107 Å². The molecule has 4 bridgehead atoms. The minimum atomic E-state index is -0.247. The van der Waals surface area contributed by atoms with Crippen LogP contribution in [0.4, 0.5) is 0 Å². The first-order valence-electron chi connectivity index (χ1n) is 21.2. The molecular weight excluding hydrogens is 727 g/mol. The van der Waals surface area contributed by atoms with Crippen LogP contribution in [-0.4, -0.2) is 4.40 Å². The lowest BCUT2D eigenvalue weighted by Crippen LogP contribution is -2.28. The van der Waals surface area contributed by atoms with E-state index in [0.29, 0.717) is 0 Å². The molecule has 8 aromatic carbocycles. The number of fused-ring (bicyclic) bond motifs is 10. The van der Waals surface area contributed by atoms with Gasteiger partial charge in [-0.25, -0.2) is 0 Å². The number of nitriles is 2. The van der Waals surface area contributed by atoms with E-state index in [0.717, 1.165) is 33.3 Å². The average Bonchev–Trinajstić information content (AvgIpc) is 3.90. The van der Waals surface area contributed by atoms with Gasteiger partial charge in [0.2, 0.25) is 0 Å². The number of hydrogen-bond donors (Lipinski definition) is 0. The van der Waals surface area contributed by atoms with E-state index >= 15 is 0 Å². The lowest BCUT2D eigenvalue weighted by atomic mass is 9.59. The maximum atomic E-state index is 11.3. The summed E-state index contributed by atoms with van der Waals surface area (Å²) in [5, 5.41) is 27.5. The molecular formula is C57H33N3. The van der Waals surface area contributed by atoms with Crippen LogP contribution in [0.3, 0.4) is 0 Å². The molecule has 7 aliphatic rings. The summed E-state index contributed by atoms with van der Waals surface area (Å²) in [4.78, 5) is 0.